The van der Waals surface area contributed by atoms with Crippen LogP contribution in [0.5, 0.6) is 0 Å². The number of nitrogens with two attached hydrogens (primary N) is 1. The average Bonchev–Trinajstić information content (AvgIpc) is 3.31. The lowest BCUT2D eigenvalue weighted by Crippen LogP contribution is -2.53. The zero-order valence-electron chi connectivity index (χ0n) is 34.9. The van der Waals surface area contributed by atoms with E-state index in [-0.39, 0.29) is 17.0 Å². The summed E-state index contributed by atoms with van der Waals surface area (Å²) in [4.78, 5) is 2.50. The van der Waals surface area contributed by atoms with Crippen LogP contribution in [0.1, 0.15) is 160 Å². The number of hydrogen-bond acceptors (Lipinski definition) is 4. The van der Waals surface area contributed by atoms with Gasteiger partial charge < -0.3 is 21.3 Å². The van der Waals surface area contributed by atoms with Crippen LogP contribution in [0.2, 0.25) is 0 Å². The number of likely N-dealkylation sites (tertiary alicyclic amines) is 1. The van der Waals surface area contributed by atoms with Crippen LogP contribution in [-0.2, 0) is 0 Å². The summed E-state index contributed by atoms with van der Waals surface area (Å²) in [5.74, 6) is 3.63. The summed E-state index contributed by atoms with van der Waals surface area (Å²) in [6.45, 7) is 52.3. The van der Waals surface area contributed by atoms with E-state index in [4.69, 9.17) is 5.73 Å². The van der Waals surface area contributed by atoms with Crippen LogP contribution in [0.3, 0.4) is 0 Å². The number of nitrogens with one attached hydrogen (secondary N) is 2. The lowest BCUT2D eigenvalue weighted by molar-refractivity contribution is 0.209. The third kappa shape index (κ3) is 16.0. The first kappa shape index (κ1) is 46.6. The van der Waals surface area contributed by atoms with Crippen LogP contribution < -0.4 is 16.4 Å². The SMILES string of the molecule is C=C(C)CC.C=C(N)C(=C)C(C)CC1CCC1.C=C(NC(C(=C)N1CC(C)C(C)C1C(=C)C)C(C)(C)C)NC1(CC)CCCCC1.CCC. The summed E-state index contributed by atoms with van der Waals surface area (Å²) in [6, 6.07) is 0.491. The molecule has 0 amide bonds. The summed E-state index contributed by atoms with van der Waals surface area (Å²) >= 11 is 0. The maximum atomic E-state index is 5.58. The summed E-state index contributed by atoms with van der Waals surface area (Å²) in [5.41, 5.74) is 11.1. The van der Waals surface area contributed by atoms with Gasteiger partial charge in [-0.25, -0.2) is 0 Å². The van der Waals surface area contributed by atoms with Crippen molar-refractivity contribution in [2.24, 2.45) is 34.8 Å². The Bertz CT molecular complexity index is 1050. The number of allylic oxidation sites excluding steroid dienone is 2. The van der Waals surface area contributed by atoms with Crippen molar-refractivity contribution in [3.63, 3.8) is 0 Å². The van der Waals surface area contributed by atoms with Crippen molar-refractivity contribution in [3.8, 4) is 0 Å². The van der Waals surface area contributed by atoms with Gasteiger partial charge in [-0.15, -0.1) is 6.58 Å². The highest BCUT2D eigenvalue weighted by molar-refractivity contribution is 5.24. The molecule has 1 aliphatic heterocycles. The van der Waals surface area contributed by atoms with E-state index in [0.29, 0.717) is 29.5 Å². The molecule has 2 aliphatic carbocycles. The molecule has 0 spiro atoms. The van der Waals surface area contributed by atoms with E-state index in [1.807, 2.05) is 6.92 Å². The molecule has 4 N–H and O–H groups in total. The molecule has 1 heterocycles. The molecular formula is C45H84N4. The summed E-state index contributed by atoms with van der Waals surface area (Å²) in [7, 11) is 0. The molecule has 0 aromatic heterocycles. The Hall–Kier alpha value is -2.36. The molecule has 49 heavy (non-hydrogen) atoms. The second-order valence-corrected chi connectivity index (χ2v) is 17.0. The molecule has 0 radical (unpaired) electrons. The maximum absolute atomic E-state index is 5.58. The predicted molar refractivity (Wildman–Crippen MR) is 222 cm³/mol. The number of hydrogen-bond donors (Lipinski definition) is 3. The van der Waals surface area contributed by atoms with Crippen LogP contribution in [0, 0.1) is 29.1 Å². The van der Waals surface area contributed by atoms with E-state index in [1.165, 1.54) is 81.1 Å². The second-order valence-electron chi connectivity index (χ2n) is 17.0. The van der Waals surface area contributed by atoms with Crippen molar-refractivity contribution >= 4 is 0 Å². The summed E-state index contributed by atoms with van der Waals surface area (Å²) in [6.07, 6.45) is 15.4. The first-order valence-electron chi connectivity index (χ1n) is 19.8. The highest BCUT2D eigenvalue weighted by atomic mass is 15.2. The monoisotopic (exact) mass is 681 g/mol. The Morgan fingerprint density at radius 2 is 1.41 bits per heavy atom. The Kier molecular flexibility index (Phi) is 21.4. The summed E-state index contributed by atoms with van der Waals surface area (Å²) < 4.78 is 0. The van der Waals surface area contributed by atoms with E-state index >= 15 is 0 Å². The van der Waals surface area contributed by atoms with Gasteiger partial charge in [0.2, 0.25) is 0 Å². The average molecular weight is 681 g/mol. The van der Waals surface area contributed by atoms with Gasteiger partial charge in [0, 0.05) is 23.5 Å². The van der Waals surface area contributed by atoms with Gasteiger partial charge in [-0.2, -0.15) is 0 Å². The molecule has 0 aromatic rings. The van der Waals surface area contributed by atoms with Crippen LogP contribution in [0.4, 0.5) is 0 Å². The van der Waals surface area contributed by atoms with Gasteiger partial charge in [-0.3, -0.25) is 0 Å². The Morgan fingerprint density at radius 1 is 0.898 bits per heavy atom. The molecule has 5 atom stereocenters. The molecule has 4 heteroatoms. The zero-order chi connectivity index (χ0) is 38.1. The van der Waals surface area contributed by atoms with Crippen molar-refractivity contribution in [3.05, 3.63) is 73.4 Å². The standard InChI is InChI=1S/C26H47N3.C11H19N.C5H10.C3H8/c1-11-26(15-13-12-14-16-26)28-22(7)27-24(25(8,9)10)21(6)29-17-19(4)20(5)23(29)18(2)3;1-8(9(2)10(3)12)7-11-5-4-6-11;1-4-5(2)3;1-3-2/h19-20,23-24,27-28H,2,6-7,11-17H2,1,3-5,8-10H3;8,11H,2-7,12H2,1H3;2,4H2,1,3H3;3H2,1-2H3. The van der Waals surface area contributed by atoms with E-state index in [0.717, 1.165) is 36.7 Å². The minimum atomic E-state index is 0.0301. The van der Waals surface area contributed by atoms with Gasteiger partial charge in [0.25, 0.3) is 0 Å². The van der Waals surface area contributed by atoms with Gasteiger partial charge in [-0.05, 0) is 80.6 Å². The van der Waals surface area contributed by atoms with Gasteiger partial charge in [0.15, 0.2) is 0 Å². The smallest absolute Gasteiger partial charge is 0.0922 e. The largest absolute Gasteiger partial charge is 0.399 e. The fourth-order valence-corrected chi connectivity index (χ4v) is 7.17. The van der Waals surface area contributed by atoms with Crippen LogP contribution >= 0.6 is 0 Å². The molecule has 284 valence electrons. The molecule has 5 unspecified atom stereocenters. The van der Waals surface area contributed by atoms with Crippen molar-refractivity contribution in [2.45, 2.75) is 178 Å². The topological polar surface area (TPSA) is 53.3 Å². The normalized spacial score (nSPS) is 22.5. The van der Waals surface area contributed by atoms with Gasteiger partial charge in [-0.1, -0.05) is 158 Å². The van der Waals surface area contributed by atoms with E-state index in [2.05, 4.69) is 131 Å². The van der Waals surface area contributed by atoms with Crippen molar-refractivity contribution in [1.29, 1.82) is 0 Å². The molecule has 1 saturated heterocycles. The number of rotatable bonds is 13. The third-order valence-electron chi connectivity index (χ3n) is 11.0. The maximum Gasteiger partial charge on any atom is 0.0922 e. The Labute approximate surface area is 307 Å². The van der Waals surface area contributed by atoms with Gasteiger partial charge in [0.1, 0.15) is 0 Å². The number of nitrogens with zero attached hydrogens (tertiary/aromatic N) is 1. The van der Waals surface area contributed by atoms with E-state index in [9.17, 15) is 0 Å². The molecule has 3 fully saturated rings. The molecule has 0 aromatic carbocycles. The Balaban J connectivity index is 0.000000940. The molecular weight excluding hydrogens is 597 g/mol. The lowest BCUT2D eigenvalue weighted by Gasteiger charge is -2.44. The molecule has 0 bridgehead atoms. The van der Waals surface area contributed by atoms with Crippen molar-refractivity contribution in [2.75, 3.05) is 6.54 Å². The van der Waals surface area contributed by atoms with Crippen LogP contribution in [0.15, 0.2) is 73.4 Å². The van der Waals surface area contributed by atoms with Gasteiger partial charge >= 0.3 is 0 Å². The molecule has 2 saturated carbocycles. The van der Waals surface area contributed by atoms with Crippen LogP contribution in [0.25, 0.3) is 0 Å². The van der Waals surface area contributed by atoms with E-state index < -0.39 is 0 Å². The van der Waals surface area contributed by atoms with Crippen molar-refractivity contribution < 1.29 is 0 Å². The first-order valence-corrected chi connectivity index (χ1v) is 19.8. The predicted octanol–water partition coefficient (Wildman–Crippen LogP) is 12.4. The highest BCUT2D eigenvalue weighted by Gasteiger charge is 2.41. The molecule has 4 nitrogen and oxygen atoms in total. The van der Waals surface area contributed by atoms with Gasteiger partial charge in [0.05, 0.1) is 17.9 Å². The minimum absolute atomic E-state index is 0.0301. The second kappa shape index (κ2) is 22.5. The fourth-order valence-electron chi connectivity index (χ4n) is 7.17. The van der Waals surface area contributed by atoms with Crippen molar-refractivity contribution in [1.82, 2.24) is 15.5 Å². The van der Waals surface area contributed by atoms with Crippen LogP contribution in [-0.4, -0.2) is 29.1 Å². The fraction of sp³-hybridized carbons (Fsp3) is 0.733. The zero-order valence-corrected chi connectivity index (χ0v) is 34.9. The molecule has 3 aliphatic rings. The highest BCUT2D eigenvalue weighted by Crippen LogP contribution is 2.39. The third-order valence-corrected chi connectivity index (χ3v) is 11.0. The Morgan fingerprint density at radius 3 is 1.78 bits per heavy atom. The molecule has 3 rings (SSSR count). The van der Waals surface area contributed by atoms with E-state index in [1.54, 1.807) is 0 Å². The quantitative estimate of drug-likeness (QED) is 0.134. The first-order chi connectivity index (χ1) is 22.7. The minimum Gasteiger partial charge on any atom is -0.399 e. The lowest BCUT2D eigenvalue weighted by atomic mass is 9.77. The summed E-state index contributed by atoms with van der Waals surface area (Å²) in [5, 5.41) is 7.55.